The Bertz CT molecular complexity index is 425. The van der Waals surface area contributed by atoms with Crippen LogP contribution in [0.1, 0.15) is 51.9 Å². The van der Waals surface area contributed by atoms with Gasteiger partial charge in [0.1, 0.15) is 5.15 Å². The van der Waals surface area contributed by atoms with Gasteiger partial charge in [-0.2, -0.15) is 0 Å². The van der Waals surface area contributed by atoms with Crippen LogP contribution in [-0.4, -0.2) is 10.9 Å². The molecule has 1 aromatic heterocycles. The highest BCUT2D eigenvalue weighted by atomic mass is 35.5. The highest BCUT2D eigenvalue weighted by molar-refractivity contribution is 6.29. The fraction of sp³-hybridized carbons (Fsp3) is 0.625. The SMILES string of the molecule is CCCCC1CCC(C(=O)Nc2ccc(Cl)nc2)CC1. The molecule has 1 saturated carbocycles. The lowest BCUT2D eigenvalue weighted by molar-refractivity contribution is -0.121. The maximum absolute atomic E-state index is 12.2. The Hall–Kier alpha value is -1.09. The van der Waals surface area contributed by atoms with Crippen molar-refractivity contribution in [2.24, 2.45) is 11.8 Å². The molecule has 0 saturated heterocycles. The zero-order valence-electron chi connectivity index (χ0n) is 12.1. The van der Waals surface area contributed by atoms with E-state index in [4.69, 9.17) is 11.6 Å². The normalized spacial score (nSPS) is 22.5. The molecule has 1 fully saturated rings. The number of anilines is 1. The van der Waals surface area contributed by atoms with Crippen molar-refractivity contribution in [3.8, 4) is 0 Å². The molecular weight excluding hydrogens is 272 g/mol. The van der Waals surface area contributed by atoms with Crippen LogP contribution in [0.5, 0.6) is 0 Å². The quantitative estimate of drug-likeness (QED) is 0.802. The third kappa shape index (κ3) is 4.48. The number of carbonyl (C=O) groups excluding carboxylic acids is 1. The minimum Gasteiger partial charge on any atom is -0.324 e. The van der Waals surface area contributed by atoms with E-state index in [1.807, 2.05) is 0 Å². The number of rotatable bonds is 5. The maximum Gasteiger partial charge on any atom is 0.227 e. The van der Waals surface area contributed by atoms with Crippen LogP contribution in [0, 0.1) is 11.8 Å². The second-order valence-electron chi connectivity index (χ2n) is 5.72. The third-order valence-electron chi connectivity index (χ3n) is 4.18. The molecule has 1 aliphatic rings. The first-order valence-electron chi connectivity index (χ1n) is 7.61. The van der Waals surface area contributed by atoms with Gasteiger partial charge in [-0.1, -0.05) is 37.8 Å². The van der Waals surface area contributed by atoms with Crippen LogP contribution in [0.25, 0.3) is 0 Å². The maximum atomic E-state index is 12.2. The van der Waals surface area contributed by atoms with E-state index in [-0.39, 0.29) is 11.8 Å². The van der Waals surface area contributed by atoms with E-state index in [9.17, 15) is 4.79 Å². The molecule has 110 valence electrons. The topological polar surface area (TPSA) is 42.0 Å². The van der Waals surface area contributed by atoms with Crippen LogP contribution in [0.2, 0.25) is 5.15 Å². The third-order valence-corrected chi connectivity index (χ3v) is 4.40. The lowest BCUT2D eigenvalue weighted by atomic mass is 9.79. The number of nitrogens with one attached hydrogen (secondary N) is 1. The van der Waals surface area contributed by atoms with Gasteiger partial charge in [0.05, 0.1) is 11.9 Å². The van der Waals surface area contributed by atoms with Crippen LogP contribution < -0.4 is 5.32 Å². The molecule has 1 heterocycles. The Morgan fingerprint density at radius 3 is 2.70 bits per heavy atom. The number of amides is 1. The Morgan fingerprint density at radius 1 is 1.35 bits per heavy atom. The summed E-state index contributed by atoms with van der Waals surface area (Å²) in [6.07, 6.45) is 9.93. The van der Waals surface area contributed by atoms with Crippen molar-refractivity contribution in [2.75, 3.05) is 5.32 Å². The van der Waals surface area contributed by atoms with Crippen molar-refractivity contribution in [2.45, 2.75) is 51.9 Å². The van der Waals surface area contributed by atoms with Gasteiger partial charge in [0.25, 0.3) is 0 Å². The van der Waals surface area contributed by atoms with E-state index >= 15 is 0 Å². The fourth-order valence-electron chi connectivity index (χ4n) is 2.90. The summed E-state index contributed by atoms with van der Waals surface area (Å²) < 4.78 is 0. The molecule has 0 aromatic carbocycles. The average molecular weight is 295 g/mol. The fourth-order valence-corrected chi connectivity index (χ4v) is 3.01. The zero-order valence-corrected chi connectivity index (χ0v) is 12.8. The smallest absolute Gasteiger partial charge is 0.227 e. The van der Waals surface area contributed by atoms with Crippen LogP contribution in [0.15, 0.2) is 18.3 Å². The number of halogens is 1. The van der Waals surface area contributed by atoms with Crippen molar-refractivity contribution < 1.29 is 4.79 Å². The molecule has 1 aliphatic carbocycles. The first kappa shape index (κ1) is 15.3. The van der Waals surface area contributed by atoms with Crippen LogP contribution in [0.4, 0.5) is 5.69 Å². The molecular formula is C16H23ClN2O. The summed E-state index contributed by atoms with van der Waals surface area (Å²) in [5.41, 5.74) is 0.729. The molecule has 0 aliphatic heterocycles. The van der Waals surface area contributed by atoms with Gasteiger partial charge in [-0.3, -0.25) is 4.79 Å². The van der Waals surface area contributed by atoms with Crippen LogP contribution >= 0.6 is 11.6 Å². The van der Waals surface area contributed by atoms with Crippen molar-refractivity contribution in [3.05, 3.63) is 23.5 Å². The van der Waals surface area contributed by atoms with Crippen molar-refractivity contribution in [1.29, 1.82) is 0 Å². The average Bonchev–Trinajstić information content (AvgIpc) is 2.48. The molecule has 1 amide bonds. The highest BCUT2D eigenvalue weighted by Gasteiger charge is 2.25. The molecule has 3 nitrogen and oxygen atoms in total. The predicted octanol–water partition coefficient (Wildman–Crippen LogP) is 4.67. The first-order valence-corrected chi connectivity index (χ1v) is 7.99. The van der Waals surface area contributed by atoms with Gasteiger partial charge >= 0.3 is 0 Å². The monoisotopic (exact) mass is 294 g/mol. The summed E-state index contributed by atoms with van der Waals surface area (Å²) in [5.74, 6) is 1.11. The molecule has 0 radical (unpaired) electrons. The number of carbonyl (C=O) groups is 1. The molecule has 1 N–H and O–H groups in total. The molecule has 4 heteroatoms. The van der Waals surface area contributed by atoms with E-state index in [1.165, 1.54) is 32.1 Å². The molecule has 0 atom stereocenters. The second kappa shape index (κ2) is 7.63. The standard InChI is InChI=1S/C16H23ClN2O/c1-2-3-4-12-5-7-13(8-6-12)16(20)19-14-9-10-15(17)18-11-14/h9-13H,2-8H2,1H3,(H,19,20). The summed E-state index contributed by atoms with van der Waals surface area (Å²) in [4.78, 5) is 16.2. The van der Waals surface area contributed by atoms with Crippen molar-refractivity contribution in [3.63, 3.8) is 0 Å². The Kier molecular flexibility index (Phi) is 5.84. The van der Waals surface area contributed by atoms with Gasteiger partial charge in [-0.25, -0.2) is 4.98 Å². The van der Waals surface area contributed by atoms with E-state index in [0.717, 1.165) is 24.4 Å². The van der Waals surface area contributed by atoms with Gasteiger partial charge in [0.2, 0.25) is 5.91 Å². The van der Waals surface area contributed by atoms with Crippen LogP contribution in [-0.2, 0) is 4.79 Å². The second-order valence-corrected chi connectivity index (χ2v) is 6.11. The molecule has 0 bridgehead atoms. The van der Waals surface area contributed by atoms with E-state index in [2.05, 4.69) is 17.2 Å². The molecule has 1 aromatic rings. The summed E-state index contributed by atoms with van der Waals surface area (Å²) in [5, 5.41) is 3.38. The summed E-state index contributed by atoms with van der Waals surface area (Å²) >= 11 is 5.73. The number of unbranched alkanes of at least 4 members (excludes halogenated alkanes) is 1. The minimum absolute atomic E-state index is 0.128. The molecule has 0 unspecified atom stereocenters. The number of aromatic nitrogens is 1. The predicted molar refractivity (Wildman–Crippen MR) is 82.8 cm³/mol. The number of nitrogens with zero attached hydrogens (tertiary/aromatic N) is 1. The van der Waals surface area contributed by atoms with Crippen molar-refractivity contribution in [1.82, 2.24) is 4.98 Å². The van der Waals surface area contributed by atoms with Gasteiger partial charge in [0, 0.05) is 5.92 Å². The Labute approximate surface area is 126 Å². The lowest BCUT2D eigenvalue weighted by Crippen LogP contribution is -2.27. The largest absolute Gasteiger partial charge is 0.324 e. The van der Waals surface area contributed by atoms with Gasteiger partial charge < -0.3 is 5.32 Å². The lowest BCUT2D eigenvalue weighted by Gasteiger charge is -2.27. The van der Waals surface area contributed by atoms with Gasteiger partial charge in [-0.05, 0) is 43.7 Å². The zero-order chi connectivity index (χ0) is 14.4. The number of hydrogen-bond acceptors (Lipinski definition) is 2. The summed E-state index contributed by atoms with van der Waals surface area (Å²) in [6, 6.07) is 3.49. The van der Waals surface area contributed by atoms with Gasteiger partial charge in [-0.15, -0.1) is 0 Å². The summed E-state index contributed by atoms with van der Waals surface area (Å²) in [7, 11) is 0. The summed E-state index contributed by atoms with van der Waals surface area (Å²) in [6.45, 7) is 2.24. The Morgan fingerprint density at radius 2 is 2.10 bits per heavy atom. The van der Waals surface area contributed by atoms with E-state index < -0.39 is 0 Å². The van der Waals surface area contributed by atoms with Gasteiger partial charge in [0.15, 0.2) is 0 Å². The molecule has 20 heavy (non-hydrogen) atoms. The van der Waals surface area contributed by atoms with Crippen molar-refractivity contribution >= 4 is 23.2 Å². The number of pyridine rings is 1. The minimum atomic E-state index is 0.128. The first-order chi connectivity index (χ1) is 9.69. The van der Waals surface area contributed by atoms with Crippen LogP contribution in [0.3, 0.4) is 0 Å². The number of hydrogen-bond donors (Lipinski definition) is 1. The van der Waals surface area contributed by atoms with E-state index in [1.54, 1.807) is 18.3 Å². The van der Waals surface area contributed by atoms with E-state index in [0.29, 0.717) is 5.15 Å². The molecule has 0 spiro atoms. The Balaban J connectivity index is 1.78. The highest BCUT2D eigenvalue weighted by Crippen LogP contribution is 2.32. The molecule has 2 rings (SSSR count).